The minimum atomic E-state index is 0.542. The van der Waals surface area contributed by atoms with Crippen LogP contribution in [0.3, 0.4) is 0 Å². The molecule has 1 nitrogen and oxygen atoms in total. The normalized spacial score (nSPS) is 10.3. The van der Waals surface area contributed by atoms with Gasteiger partial charge >= 0.3 is 0 Å². The predicted molar refractivity (Wildman–Crippen MR) is 64.4 cm³/mol. The lowest BCUT2D eigenvalue weighted by Crippen LogP contribution is -2.10. The Morgan fingerprint density at radius 1 is 1.07 bits per heavy atom. The second kappa shape index (κ2) is 3.76. The van der Waals surface area contributed by atoms with E-state index >= 15 is 0 Å². The highest BCUT2D eigenvalue weighted by atomic mass is 32.1. The van der Waals surface area contributed by atoms with E-state index in [1.807, 2.05) is 12.1 Å². The van der Waals surface area contributed by atoms with Gasteiger partial charge in [-0.25, -0.2) is 0 Å². The van der Waals surface area contributed by atoms with Crippen LogP contribution in [-0.2, 0) is 6.42 Å². The lowest BCUT2D eigenvalue weighted by Gasteiger charge is -2.02. The number of hydrogen-bond acceptors (Lipinski definition) is 1. The van der Waals surface area contributed by atoms with E-state index in [1.54, 1.807) is 0 Å². The van der Waals surface area contributed by atoms with Crippen LogP contribution in [0.5, 0.6) is 0 Å². The van der Waals surface area contributed by atoms with Gasteiger partial charge in [0.05, 0.1) is 4.99 Å². The number of nitrogens with two attached hydrogens (primary N) is 1. The summed E-state index contributed by atoms with van der Waals surface area (Å²) in [5, 5.41) is 2.49. The molecule has 0 aliphatic carbocycles. The zero-order valence-electron chi connectivity index (χ0n) is 7.73. The summed E-state index contributed by atoms with van der Waals surface area (Å²) in [6.45, 7) is 0. The Labute approximate surface area is 88.5 Å². The van der Waals surface area contributed by atoms with E-state index in [9.17, 15) is 0 Å². The number of fused-ring (bicyclic) bond motifs is 1. The lowest BCUT2D eigenvalue weighted by atomic mass is 10.1. The van der Waals surface area contributed by atoms with Gasteiger partial charge in [0.1, 0.15) is 0 Å². The molecular formula is C12H11NS. The maximum Gasteiger partial charge on any atom is 0.0771 e. The monoisotopic (exact) mass is 201 g/mol. The van der Waals surface area contributed by atoms with Gasteiger partial charge in [-0.15, -0.1) is 0 Å². The molecule has 14 heavy (non-hydrogen) atoms. The average molecular weight is 201 g/mol. The third-order valence-corrected chi connectivity index (χ3v) is 2.34. The summed E-state index contributed by atoms with van der Waals surface area (Å²) in [5.41, 5.74) is 6.68. The Morgan fingerprint density at radius 2 is 1.79 bits per heavy atom. The Bertz CT molecular complexity index is 476. The number of thiocarbonyl (C=S) groups is 1. The van der Waals surface area contributed by atoms with E-state index in [1.165, 1.54) is 16.3 Å². The van der Waals surface area contributed by atoms with E-state index < -0.39 is 0 Å². The Hall–Kier alpha value is -1.41. The van der Waals surface area contributed by atoms with Crippen LogP contribution < -0.4 is 5.73 Å². The summed E-state index contributed by atoms with van der Waals surface area (Å²) in [4.78, 5) is 0.542. The second-order valence-corrected chi connectivity index (χ2v) is 3.85. The molecule has 0 bridgehead atoms. The van der Waals surface area contributed by atoms with Crippen molar-refractivity contribution in [2.45, 2.75) is 6.42 Å². The minimum Gasteiger partial charge on any atom is -0.393 e. The van der Waals surface area contributed by atoms with Gasteiger partial charge in [-0.1, -0.05) is 54.7 Å². The summed E-state index contributed by atoms with van der Waals surface area (Å²) >= 11 is 4.88. The standard InChI is InChI=1S/C12H11NS/c13-12(14)8-9-5-6-10-3-1-2-4-11(10)7-9/h1-7H,8H2,(H2,13,14). The van der Waals surface area contributed by atoms with Crippen molar-refractivity contribution in [1.29, 1.82) is 0 Å². The summed E-state index contributed by atoms with van der Waals surface area (Å²) < 4.78 is 0. The van der Waals surface area contributed by atoms with Crippen LogP contribution in [0.25, 0.3) is 10.8 Å². The maximum absolute atomic E-state index is 5.50. The molecule has 0 spiro atoms. The molecule has 0 atom stereocenters. The molecule has 70 valence electrons. The van der Waals surface area contributed by atoms with Crippen molar-refractivity contribution in [2.24, 2.45) is 5.73 Å². The van der Waals surface area contributed by atoms with Gasteiger partial charge in [0.25, 0.3) is 0 Å². The van der Waals surface area contributed by atoms with Gasteiger partial charge < -0.3 is 5.73 Å². The molecule has 2 heteroatoms. The SMILES string of the molecule is NC(=S)Cc1ccc2ccccc2c1. The van der Waals surface area contributed by atoms with Gasteiger partial charge in [-0.3, -0.25) is 0 Å². The van der Waals surface area contributed by atoms with Gasteiger partial charge in [0.2, 0.25) is 0 Å². The number of benzene rings is 2. The van der Waals surface area contributed by atoms with Crippen LogP contribution in [0.15, 0.2) is 42.5 Å². The van der Waals surface area contributed by atoms with Crippen LogP contribution in [0.1, 0.15) is 5.56 Å². The molecule has 0 saturated heterocycles. The molecular weight excluding hydrogens is 190 g/mol. The topological polar surface area (TPSA) is 26.0 Å². The molecule has 0 radical (unpaired) electrons. The summed E-state index contributed by atoms with van der Waals surface area (Å²) in [7, 11) is 0. The third kappa shape index (κ3) is 1.91. The Balaban J connectivity index is 2.46. The van der Waals surface area contributed by atoms with E-state index in [0.717, 1.165) is 0 Å². The van der Waals surface area contributed by atoms with E-state index in [-0.39, 0.29) is 0 Å². The lowest BCUT2D eigenvalue weighted by molar-refractivity contribution is 1.34. The van der Waals surface area contributed by atoms with Gasteiger partial charge in [-0.05, 0) is 16.3 Å². The number of rotatable bonds is 2. The van der Waals surface area contributed by atoms with Crippen molar-refractivity contribution in [3.8, 4) is 0 Å². The van der Waals surface area contributed by atoms with E-state index in [4.69, 9.17) is 18.0 Å². The molecule has 2 rings (SSSR count). The molecule has 0 aliphatic heterocycles. The molecule has 0 aliphatic rings. The first-order valence-corrected chi connectivity index (χ1v) is 4.92. The first-order valence-electron chi connectivity index (χ1n) is 4.52. The van der Waals surface area contributed by atoms with Crippen LogP contribution in [0.4, 0.5) is 0 Å². The number of hydrogen-bond donors (Lipinski definition) is 1. The molecule has 2 aromatic rings. The van der Waals surface area contributed by atoms with Gasteiger partial charge in [0.15, 0.2) is 0 Å². The molecule has 2 aromatic carbocycles. The van der Waals surface area contributed by atoms with Crippen molar-refractivity contribution in [3.05, 3.63) is 48.0 Å². The van der Waals surface area contributed by atoms with Crippen LogP contribution in [0.2, 0.25) is 0 Å². The largest absolute Gasteiger partial charge is 0.393 e. The predicted octanol–water partition coefficient (Wildman–Crippen LogP) is 2.67. The van der Waals surface area contributed by atoms with Gasteiger partial charge in [0, 0.05) is 6.42 Å². The van der Waals surface area contributed by atoms with Crippen LogP contribution in [0, 0.1) is 0 Å². The highest BCUT2D eigenvalue weighted by Gasteiger charge is 1.97. The summed E-state index contributed by atoms with van der Waals surface area (Å²) in [6, 6.07) is 14.6. The first kappa shape index (κ1) is 9.16. The third-order valence-electron chi connectivity index (χ3n) is 2.19. The highest BCUT2D eigenvalue weighted by molar-refractivity contribution is 7.80. The van der Waals surface area contributed by atoms with E-state index in [2.05, 4.69) is 30.3 Å². The maximum atomic E-state index is 5.50. The van der Waals surface area contributed by atoms with Gasteiger partial charge in [-0.2, -0.15) is 0 Å². The summed E-state index contributed by atoms with van der Waals surface area (Å²) in [5.74, 6) is 0. The molecule has 0 fully saturated rings. The smallest absolute Gasteiger partial charge is 0.0771 e. The van der Waals surface area contributed by atoms with Crippen molar-refractivity contribution in [1.82, 2.24) is 0 Å². The zero-order valence-corrected chi connectivity index (χ0v) is 8.55. The molecule has 2 N–H and O–H groups in total. The molecule has 0 unspecified atom stereocenters. The van der Waals surface area contributed by atoms with Crippen molar-refractivity contribution >= 4 is 28.0 Å². The van der Waals surface area contributed by atoms with Crippen molar-refractivity contribution in [3.63, 3.8) is 0 Å². The first-order chi connectivity index (χ1) is 6.75. The fourth-order valence-corrected chi connectivity index (χ4v) is 1.72. The van der Waals surface area contributed by atoms with E-state index in [0.29, 0.717) is 11.4 Å². The Kier molecular flexibility index (Phi) is 2.46. The fourth-order valence-electron chi connectivity index (χ4n) is 1.55. The summed E-state index contributed by atoms with van der Waals surface area (Å²) in [6.07, 6.45) is 0.681. The zero-order chi connectivity index (χ0) is 9.97. The Morgan fingerprint density at radius 3 is 2.50 bits per heavy atom. The van der Waals surface area contributed by atoms with Crippen LogP contribution >= 0.6 is 12.2 Å². The fraction of sp³-hybridized carbons (Fsp3) is 0.0833. The minimum absolute atomic E-state index is 0.542. The highest BCUT2D eigenvalue weighted by Crippen LogP contribution is 2.15. The molecule has 0 amide bonds. The van der Waals surface area contributed by atoms with Crippen LogP contribution in [-0.4, -0.2) is 4.99 Å². The quantitative estimate of drug-likeness (QED) is 0.756. The second-order valence-electron chi connectivity index (χ2n) is 3.32. The van der Waals surface area contributed by atoms with Crippen molar-refractivity contribution in [2.75, 3.05) is 0 Å². The molecule has 0 aromatic heterocycles. The molecule has 0 saturated carbocycles. The average Bonchev–Trinajstić information content (AvgIpc) is 2.17. The van der Waals surface area contributed by atoms with Crippen molar-refractivity contribution < 1.29 is 0 Å². The molecule has 0 heterocycles.